The first-order chi connectivity index (χ1) is 8.43. The van der Waals surface area contributed by atoms with Crippen molar-refractivity contribution in [3.05, 3.63) is 24.4 Å². The van der Waals surface area contributed by atoms with Gasteiger partial charge in [0.2, 0.25) is 0 Å². The van der Waals surface area contributed by atoms with Crippen molar-refractivity contribution < 1.29 is 0 Å². The maximum Gasteiger partial charge on any atom is 0.153 e. The summed E-state index contributed by atoms with van der Waals surface area (Å²) in [6.07, 6.45) is 8.77. The Kier molecular flexibility index (Phi) is 2.87. The summed E-state index contributed by atoms with van der Waals surface area (Å²) in [6.45, 7) is 2.24. The molecule has 3 heterocycles. The van der Waals surface area contributed by atoms with Gasteiger partial charge in [-0.25, -0.2) is 4.98 Å². The zero-order valence-corrected chi connectivity index (χ0v) is 9.63. The average Bonchev–Trinajstić information content (AvgIpc) is 3.00. The Balaban J connectivity index is 1.77. The number of H-pyrrole nitrogens is 1. The molecule has 0 amide bonds. The molecule has 2 N–H and O–H groups in total. The highest BCUT2D eigenvalue weighted by atomic mass is 15.4. The SMILES string of the molecule is c1ncc(-n2nncc2CC2CCNCC2)[nH]1. The maximum atomic E-state index is 4.10. The van der Waals surface area contributed by atoms with Crippen LogP contribution in [0.15, 0.2) is 18.7 Å². The third kappa shape index (κ3) is 2.21. The molecule has 90 valence electrons. The van der Waals surface area contributed by atoms with Crippen LogP contribution in [-0.4, -0.2) is 38.1 Å². The highest BCUT2D eigenvalue weighted by Gasteiger charge is 2.17. The molecule has 1 aliphatic rings. The van der Waals surface area contributed by atoms with Gasteiger partial charge in [0.1, 0.15) is 0 Å². The molecule has 6 heteroatoms. The predicted molar refractivity (Wildman–Crippen MR) is 62.8 cm³/mol. The van der Waals surface area contributed by atoms with Gasteiger partial charge in [0.15, 0.2) is 5.82 Å². The van der Waals surface area contributed by atoms with Crippen molar-refractivity contribution in [2.45, 2.75) is 19.3 Å². The molecule has 2 aromatic rings. The summed E-state index contributed by atoms with van der Waals surface area (Å²) in [5.41, 5.74) is 1.15. The molecule has 0 unspecified atom stereocenters. The highest BCUT2D eigenvalue weighted by Crippen LogP contribution is 2.18. The maximum absolute atomic E-state index is 4.10. The molecule has 0 aromatic carbocycles. The Morgan fingerprint density at radius 2 is 2.18 bits per heavy atom. The van der Waals surface area contributed by atoms with Crippen LogP contribution < -0.4 is 5.32 Å². The summed E-state index contributed by atoms with van der Waals surface area (Å²) in [4.78, 5) is 7.07. The molecule has 6 nitrogen and oxygen atoms in total. The quantitative estimate of drug-likeness (QED) is 0.810. The molecular weight excluding hydrogens is 216 g/mol. The Bertz CT molecular complexity index is 454. The van der Waals surface area contributed by atoms with Crippen molar-refractivity contribution in [2.75, 3.05) is 13.1 Å². The van der Waals surface area contributed by atoms with Gasteiger partial charge in [0.25, 0.3) is 0 Å². The van der Waals surface area contributed by atoms with Gasteiger partial charge in [-0.2, -0.15) is 4.68 Å². The Hall–Kier alpha value is -1.69. The molecule has 0 saturated carbocycles. The third-order valence-electron chi connectivity index (χ3n) is 3.29. The summed E-state index contributed by atoms with van der Waals surface area (Å²) in [5.74, 6) is 1.61. The van der Waals surface area contributed by atoms with E-state index >= 15 is 0 Å². The zero-order chi connectivity index (χ0) is 11.5. The van der Waals surface area contributed by atoms with E-state index < -0.39 is 0 Å². The van der Waals surface area contributed by atoms with Crippen LogP contribution in [0.25, 0.3) is 5.82 Å². The molecular formula is C11H16N6. The number of hydrogen-bond acceptors (Lipinski definition) is 4. The van der Waals surface area contributed by atoms with Gasteiger partial charge >= 0.3 is 0 Å². The molecule has 1 saturated heterocycles. The minimum Gasteiger partial charge on any atom is -0.330 e. The van der Waals surface area contributed by atoms with Crippen molar-refractivity contribution in [2.24, 2.45) is 5.92 Å². The van der Waals surface area contributed by atoms with Crippen molar-refractivity contribution in [3.63, 3.8) is 0 Å². The number of aromatic nitrogens is 5. The summed E-state index contributed by atoms with van der Waals surface area (Å²) >= 11 is 0. The van der Waals surface area contributed by atoms with Crippen LogP contribution >= 0.6 is 0 Å². The van der Waals surface area contributed by atoms with E-state index in [1.165, 1.54) is 12.8 Å². The van der Waals surface area contributed by atoms with E-state index in [1.54, 1.807) is 12.5 Å². The van der Waals surface area contributed by atoms with Crippen LogP contribution in [0.5, 0.6) is 0 Å². The van der Waals surface area contributed by atoms with Gasteiger partial charge in [-0.1, -0.05) is 5.21 Å². The summed E-state index contributed by atoms with van der Waals surface area (Å²) < 4.78 is 1.84. The fourth-order valence-corrected chi connectivity index (χ4v) is 2.34. The van der Waals surface area contributed by atoms with E-state index in [0.29, 0.717) is 0 Å². The summed E-state index contributed by atoms with van der Waals surface area (Å²) in [6, 6.07) is 0. The van der Waals surface area contributed by atoms with E-state index in [-0.39, 0.29) is 0 Å². The topological polar surface area (TPSA) is 71.4 Å². The van der Waals surface area contributed by atoms with Crippen molar-refractivity contribution in [3.8, 4) is 5.82 Å². The number of piperidine rings is 1. The van der Waals surface area contributed by atoms with Gasteiger partial charge < -0.3 is 10.3 Å². The molecule has 0 aliphatic carbocycles. The van der Waals surface area contributed by atoms with E-state index in [4.69, 9.17) is 0 Å². The van der Waals surface area contributed by atoms with E-state index in [9.17, 15) is 0 Å². The molecule has 1 fully saturated rings. The normalized spacial score (nSPS) is 17.4. The lowest BCUT2D eigenvalue weighted by Crippen LogP contribution is -2.29. The second-order valence-corrected chi connectivity index (χ2v) is 4.47. The Morgan fingerprint density at radius 3 is 2.94 bits per heavy atom. The highest BCUT2D eigenvalue weighted by molar-refractivity contribution is 5.19. The van der Waals surface area contributed by atoms with Crippen LogP contribution in [-0.2, 0) is 6.42 Å². The first-order valence-corrected chi connectivity index (χ1v) is 6.02. The fraction of sp³-hybridized carbons (Fsp3) is 0.545. The molecule has 17 heavy (non-hydrogen) atoms. The van der Waals surface area contributed by atoms with E-state index in [2.05, 4.69) is 25.6 Å². The number of rotatable bonds is 3. The number of nitrogens with one attached hydrogen (secondary N) is 2. The first-order valence-electron chi connectivity index (χ1n) is 6.02. The summed E-state index contributed by atoms with van der Waals surface area (Å²) in [7, 11) is 0. The molecule has 0 atom stereocenters. The third-order valence-corrected chi connectivity index (χ3v) is 3.29. The summed E-state index contributed by atoms with van der Waals surface area (Å²) in [5, 5.41) is 11.5. The van der Waals surface area contributed by atoms with Gasteiger partial charge in [-0.15, -0.1) is 5.10 Å². The van der Waals surface area contributed by atoms with Crippen LogP contribution in [0, 0.1) is 5.92 Å². The fourth-order valence-electron chi connectivity index (χ4n) is 2.34. The van der Waals surface area contributed by atoms with Crippen LogP contribution in [0.1, 0.15) is 18.5 Å². The average molecular weight is 232 g/mol. The van der Waals surface area contributed by atoms with Crippen LogP contribution in [0.3, 0.4) is 0 Å². The van der Waals surface area contributed by atoms with Gasteiger partial charge in [0, 0.05) is 0 Å². The second kappa shape index (κ2) is 4.67. The second-order valence-electron chi connectivity index (χ2n) is 4.47. The van der Waals surface area contributed by atoms with Crippen molar-refractivity contribution >= 4 is 0 Å². The molecule has 2 aromatic heterocycles. The molecule has 0 radical (unpaired) electrons. The molecule has 0 spiro atoms. The smallest absolute Gasteiger partial charge is 0.153 e. The monoisotopic (exact) mass is 232 g/mol. The van der Waals surface area contributed by atoms with Crippen LogP contribution in [0.4, 0.5) is 0 Å². The number of nitrogens with zero attached hydrogens (tertiary/aromatic N) is 4. The Labute approximate surface area is 99.4 Å². The van der Waals surface area contributed by atoms with Gasteiger partial charge in [-0.3, -0.25) is 0 Å². The predicted octanol–water partition coefficient (Wildman–Crippen LogP) is 0.532. The largest absolute Gasteiger partial charge is 0.330 e. The lowest BCUT2D eigenvalue weighted by atomic mass is 9.93. The van der Waals surface area contributed by atoms with Gasteiger partial charge in [-0.05, 0) is 38.3 Å². The minimum absolute atomic E-state index is 0.733. The van der Waals surface area contributed by atoms with Crippen LogP contribution in [0.2, 0.25) is 0 Å². The number of aromatic amines is 1. The molecule has 3 rings (SSSR count). The van der Waals surface area contributed by atoms with Gasteiger partial charge in [0.05, 0.1) is 24.4 Å². The lowest BCUT2D eigenvalue weighted by Gasteiger charge is -2.22. The van der Waals surface area contributed by atoms with Crippen molar-refractivity contribution in [1.82, 2.24) is 30.3 Å². The number of hydrogen-bond donors (Lipinski definition) is 2. The lowest BCUT2D eigenvalue weighted by molar-refractivity contribution is 0.367. The zero-order valence-electron chi connectivity index (χ0n) is 9.63. The molecule has 0 bridgehead atoms. The Morgan fingerprint density at radius 1 is 1.29 bits per heavy atom. The molecule has 1 aliphatic heterocycles. The minimum atomic E-state index is 0.733. The van der Waals surface area contributed by atoms with Crippen molar-refractivity contribution in [1.29, 1.82) is 0 Å². The van der Waals surface area contributed by atoms with E-state index in [0.717, 1.165) is 36.9 Å². The standard InChI is InChI=1S/C11H16N6/c1-3-12-4-2-9(1)5-10-6-15-16-17(10)11-7-13-8-14-11/h6-9,12H,1-5H2,(H,13,14). The number of imidazole rings is 1. The first kappa shape index (κ1) is 10.5. The van der Waals surface area contributed by atoms with E-state index in [1.807, 2.05) is 10.9 Å².